The van der Waals surface area contributed by atoms with Crippen LogP contribution in [0.2, 0.25) is 0 Å². The van der Waals surface area contributed by atoms with Gasteiger partial charge in [-0.1, -0.05) is 6.07 Å². The smallest absolute Gasteiger partial charge is 0.222 e. The number of carbonyl (C=O) groups is 1. The average molecular weight is 313 g/mol. The molecule has 0 unspecified atom stereocenters. The Morgan fingerprint density at radius 2 is 2.00 bits per heavy atom. The van der Waals surface area contributed by atoms with E-state index in [2.05, 4.69) is 15.3 Å². The fourth-order valence-corrected chi connectivity index (χ4v) is 2.71. The highest BCUT2D eigenvalue weighted by Gasteiger charge is 2.13. The molecule has 2 aromatic heterocycles. The number of hydrogen-bond acceptors (Lipinski definition) is 4. The molecule has 0 saturated heterocycles. The van der Waals surface area contributed by atoms with Gasteiger partial charge in [-0.05, 0) is 35.7 Å². The number of nitrogens with one attached hydrogen (secondary N) is 1. The van der Waals surface area contributed by atoms with E-state index in [0.717, 1.165) is 10.4 Å². The second kappa shape index (κ2) is 6.03. The van der Waals surface area contributed by atoms with E-state index < -0.39 is 0 Å². The van der Waals surface area contributed by atoms with E-state index in [-0.39, 0.29) is 11.7 Å². The van der Waals surface area contributed by atoms with E-state index in [4.69, 9.17) is 0 Å². The zero-order valence-electron chi connectivity index (χ0n) is 11.7. The van der Waals surface area contributed by atoms with Gasteiger partial charge in [0.1, 0.15) is 11.5 Å². The van der Waals surface area contributed by atoms with Crippen molar-refractivity contribution in [3.05, 3.63) is 53.8 Å². The standard InChI is InChI=1S/C16H12FN3OS/c1-10(21)19-16-15(14-3-2-8-22-14)20-13(9-18-16)11-4-6-12(17)7-5-11/h2-9H,1H3,(H,18,19,21). The van der Waals surface area contributed by atoms with Gasteiger partial charge < -0.3 is 5.32 Å². The van der Waals surface area contributed by atoms with E-state index in [1.165, 1.54) is 30.4 Å². The Balaban J connectivity index is 2.09. The van der Waals surface area contributed by atoms with E-state index in [1.54, 1.807) is 18.3 Å². The van der Waals surface area contributed by atoms with Crippen molar-refractivity contribution in [3.8, 4) is 21.8 Å². The molecule has 6 heteroatoms. The summed E-state index contributed by atoms with van der Waals surface area (Å²) in [5.74, 6) is -0.0903. The van der Waals surface area contributed by atoms with Crippen LogP contribution in [0.15, 0.2) is 48.0 Å². The summed E-state index contributed by atoms with van der Waals surface area (Å²) in [5, 5.41) is 4.61. The van der Waals surface area contributed by atoms with Crippen molar-refractivity contribution in [2.45, 2.75) is 6.92 Å². The molecule has 1 amide bonds. The van der Waals surface area contributed by atoms with E-state index in [1.807, 2.05) is 17.5 Å². The first-order valence-corrected chi connectivity index (χ1v) is 7.46. The number of hydrogen-bond donors (Lipinski definition) is 1. The van der Waals surface area contributed by atoms with Gasteiger partial charge in [0.05, 0.1) is 16.8 Å². The van der Waals surface area contributed by atoms with Crippen LogP contribution in [0.4, 0.5) is 10.2 Å². The van der Waals surface area contributed by atoms with Crippen molar-refractivity contribution in [1.82, 2.24) is 9.97 Å². The first-order valence-electron chi connectivity index (χ1n) is 6.58. The predicted octanol–water partition coefficient (Wildman–Crippen LogP) is 3.97. The Labute approximate surface area is 130 Å². The lowest BCUT2D eigenvalue weighted by atomic mass is 10.1. The van der Waals surface area contributed by atoms with Crippen molar-refractivity contribution in [3.63, 3.8) is 0 Å². The molecule has 0 aliphatic heterocycles. The molecule has 0 fully saturated rings. The van der Waals surface area contributed by atoms with Gasteiger partial charge >= 0.3 is 0 Å². The predicted molar refractivity (Wildman–Crippen MR) is 85.0 cm³/mol. The Kier molecular flexibility index (Phi) is 3.93. The first kappa shape index (κ1) is 14.3. The summed E-state index contributed by atoms with van der Waals surface area (Å²) < 4.78 is 13.0. The van der Waals surface area contributed by atoms with Crippen molar-refractivity contribution in [2.75, 3.05) is 5.32 Å². The van der Waals surface area contributed by atoms with Crippen LogP contribution in [0.5, 0.6) is 0 Å². The lowest BCUT2D eigenvalue weighted by Crippen LogP contribution is -2.09. The maximum atomic E-state index is 13.0. The number of carbonyl (C=O) groups excluding carboxylic acids is 1. The van der Waals surface area contributed by atoms with Crippen molar-refractivity contribution < 1.29 is 9.18 Å². The lowest BCUT2D eigenvalue weighted by Gasteiger charge is -2.09. The Morgan fingerprint density at radius 1 is 1.23 bits per heavy atom. The summed E-state index contributed by atoms with van der Waals surface area (Å²) in [6.45, 7) is 1.42. The number of thiophene rings is 1. The van der Waals surface area contributed by atoms with E-state index >= 15 is 0 Å². The first-order chi connectivity index (χ1) is 10.6. The number of rotatable bonds is 3. The molecule has 0 aliphatic carbocycles. The number of benzene rings is 1. The minimum atomic E-state index is -0.301. The minimum Gasteiger partial charge on any atom is -0.309 e. The largest absolute Gasteiger partial charge is 0.309 e. The van der Waals surface area contributed by atoms with Crippen LogP contribution in [0.1, 0.15) is 6.92 Å². The summed E-state index contributed by atoms with van der Waals surface area (Å²) >= 11 is 1.51. The van der Waals surface area contributed by atoms with Crippen LogP contribution in [0.3, 0.4) is 0 Å². The fraction of sp³-hybridized carbons (Fsp3) is 0.0625. The normalized spacial score (nSPS) is 10.5. The molecule has 3 aromatic rings. The molecule has 0 atom stereocenters. The second-order valence-electron chi connectivity index (χ2n) is 4.62. The van der Waals surface area contributed by atoms with Gasteiger partial charge in [-0.2, -0.15) is 0 Å². The van der Waals surface area contributed by atoms with Gasteiger partial charge in [0, 0.05) is 12.5 Å². The molecule has 0 radical (unpaired) electrons. The van der Waals surface area contributed by atoms with E-state index in [0.29, 0.717) is 17.2 Å². The SMILES string of the molecule is CC(=O)Nc1ncc(-c2ccc(F)cc2)nc1-c1cccs1. The molecule has 0 saturated carbocycles. The molecular formula is C16H12FN3OS. The topological polar surface area (TPSA) is 54.9 Å². The molecule has 22 heavy (non-hydrogen) atoms. The molecule has 0 spiro atoms. The highest BCUT2D eigenvalue weighted by Crippen LogP contribution is 2.30. The molecule has 3 rings (SSSR count). The zero-order valence-corrected chi connectivity index (χ0v) is 12.5. The summed E-state index contributed by atoms with van der Waals surface area (Å²) in [4.78, 5) is 21.1. The minimum absolute atomic E-state index is 0.207. The maximum Gasteiger partial charge on any atom is 0.222 e. The van der Waals surface area contributed by atoms with Crippen LogP contribution in [-0.2, 0) is 4.79 Å². The molecule has 2 heterocycles. The second-order valence-corrected chi connectivity index (χ2v) is 5.57. The molecule has 110 valence electrons. The molecule has 1 aromatic carbocycles. The van der Waals surface area contributed by atoms with Gasteiger partial charge in [-0.3, -0.25) is 4.79 Å². The van der Waals surface area contributed by atoms with Crippen LogP contribution >= 0.6 is 11.3 Å². The van der Waals surface area contributed by atoms with Gasteiger partial charge in [-0.25, -0.2) is 14.4 Å². The molecule has 1 N–H and O–H groups in total. The Morgan fingerprint density at radius 3 is 2.64 bits per heavy atom. The molecule has 4 nitrogen and oxygen atoms in total. The fourth-order valence-electron chi connectivity index (χ4n) is 1.99. The molecule has 0 aliphatic rings. The van der Waals surface area contributed by atoms with Crippen LogP contribution in [0.25, 0.3) is 21.8 Å². The summed E-state index contributed by atoms with van der Waals surface area (Å²) in [6.07, 6.45) is 1.57. The van der Waals surface area contributed by atoms with E-state index in [9.17, 15) is 9.18 Å². The molecule has 0 bridgehead atoms. The number of anilines is 1. The van der Waals surface area contributed by atoms with Gasteiger partial charge in [0.2, 0.25) is 5.91 Å². The third-order valence-corrected chi connectivity index (χ3v) is 3.84. The van der Waals surface area contributed by atoms with Crippen molar-refractivity contribution in [2.24, 2.45) is 0 Å². The summed E-state index contributed by atoms with van der Waals surface area (Å²) in [5.41, 5.74) is 1.99. The number of amides is 1. The number of nitrogens with zero attached hydrogens (tertiary/aromatic N) is 2. The number of aromatic nitrogens is 2. The third kappa shape index (κ3) is 3.01. The highest BCUT2D eigenvalue weighted by molar-refractivity contribution is 7.13. The Bertz CT molecular complexity index is 801. The van der Waals surface area contributed by atoms with Gasteiger partial charge in [0.25, 0.3) is 0 Å². The number of halogens is 1. The summed E-state index contributed by atoms with van der Waals surface area (Å²) in [6, 6.07) is 9.87. The van der Waals surface area contributed by atoms with Gasteiger partial charge in [-0.15, -0.1) is 11.3 Å². The molecular weight excluding hydrogens is 301 g/mol. The van der Waals surface area contributed by atoms with Crippen LogP contribution in [0, 0.1) is 5.82 Å². The monoisotopic (exact) mass is 313 g/mol. The summed E-state index contributed by atoms with van der Waals surface area (Å²) in [7, 11) is 0. The van der Waals surface area contributed by atoms with Crippen molar-refractivity contribution >= 4 is 23.1 Å². The quantitative estimate of drug-likeness (QED) is 0.796. The van der Waals surface area contributed by atoms with Crippen molar-refractivity contribution in [1.29, 1.82) is 0 Å². The van der Waals surface area contributed by atoms with Gasteiger partial charge in [0.15, 0.2) is 5.82 Å². The lowest BCUT2D eigenvalue weighted by molar-refractivity contribution is -0.114. The Hall–Kier alpha value is -2.60. The zero-order chi connectivity index (χ0) is 15.5. The van der Waals surface area contributed by atoms with Crippen LogP contribution < -0.4 is 5.32 Å². The maximum absolute atomic E-state index is 13.0. The third-order valence-electron chi connectivity index (χ3n) is 2.96. The average Bonchev–Trinajstić information content (AvgIpc) is 3.02. The van der Waals surface area contributed by atoms with Crippen LogP contribution in [-0.4, -0.2) is 15.9 Å². The highest BCUT2D eigenvalue weighted by atomic mass is 32.1.